The zero-order chi connectivity index (χ0) is 28.8. The van der Waals surface area contributed by atoms with Crippen molar-refractivity contribution in [3.8, 4) is 5.75 Å². The number of sulfonamides is 1. The van der Waals surface area contributed by atoms with E-state index in [0.717, 1.165) is 16.4 Å². The highest BCUT2D eigenvalue weighted by Gasteiger charge is 2.33. The number of carbonyl (C=O) groups excluding carboxylic acids is 2. The van der Waals surface area contributed by atoms with Crippen molar-refractivity contribution in [3.63, 3.8) is 0 Å². The number of anilines is 1. The summed E-state index contributed by atoms with van der Waals surface area (Å²) < 4.78 is 47.3. The van der Waals surface area contributed by atoms with Crippen LogP contribution in [-0.4, -0.2) is 50.4 Å². The van der Waals surface area contributed by atoms with Gasteiger partial charge in [0.25, 0.3) is 10.0 Å². The van der Waals surface area contributed by atoms with Crippen molar-refractivity contribution in [1.82, 2.24) is 10.2 Å². The van der Waals surface area contributed by atoms with Crippen LogP contribution in [0.25, 0.3) is 0 Å². The number of nitrogens with zero attached hydrogens (tertiary/aromatic N) is 2. The number of amides is 2. The summed E-state index contributed by atoms with van der Waals surface area (Å²) in [7, 11) is -2.69. The summed E-state index contributed by atoms with van der Waals surface area (Å²) in [5, 5.41) is 2.88. The Kier molecular flexibility index (Phi) is 9.34. The van der Waals surface area contributed by atoms with Crippen molar-refractivity contribution in [2.45, 2.75) is 50.7 Å². The van der Waals surface area contributed by atoms with E-state index in [-0.39, 0.29) is 17.1 Å². The third kappa shape index (κ3) is 7.79. The van der Waals surface area contributed by atoms with Gasteiger partial charge >= 0.3 is 0 Å². The van der Waals surface area contributed by atoms with Gasteiger partial charge in [-0.05, 0) is 81.8 Å². The number of hydrogen-bond donors (Lipinski definition) is 1. The minimum atomic E-state index is -4.21. The molecular weight excluding hydrogens is 521 g/mol. The number of hydrogen-bond acceptors (Lipinski definition) is 5. The van der Waals surface area contributed by atoms with E-state index in [1.807, 2.05) is 20.8 Å². The Labute approximate surface area is 229 Å². The smallest absolute Gasteiger partial charge is 0.264 e. The van der Waals surface area contributed by atoms with E-state index in [9.17, 15) is 22.4 Å². The van der Waals surface area contributed by atoms with E-state index in [0.29, 0.717) is 11.3 Å². The van der Waals surface area contributed by atoms with Crippen LogP contribution in [0.2, 0.25) is 0 Å². The van der Waals surface area contributed by atoms with Gasteiger partial charge in [-0.25, -0.2) is 12.8 Å². The number of benzene rings is 3. The molecule has 208 valence electrons. The number of rotatable bonds is 10. The average molecular weight is 556 g/mol. The molecular formula is C29H34FN3O5S. The molecule has 0 aliphatic heterocycles. The molecule has 0 radical (unpaired) electrons. The van der Waals surface area contributed by atoms with E-state index < -0.39 is 45.8 Å². The second-order valence-corrected chi connectivity index (χ2v) is 12.0. The maximum atomic E-state index is 13.9. The molecule has 0 heterocycles. The summed E-state index contributed by atoms with van der Waals surface area (Å²) in [5.74, 6) is -0.975. The third-order valence-electron chi connectivity index (χ3n) is 5.88. The molecule has 0 saturated heterocycles. The number of nitrogens with one attached hydrogen (secondary N) is 1. The van der Waals surface area contributed by atoms with Crippen LogP contribution in [0.4, 0.5) is 10.1 Å². The van der Waals surface area contributed by atoms with Crippen molar-refractivity contribution >= 4 is 27.5 Å². The molecule has 0 aliphatic rings. The Balaban J connectivity index is 2.03. The second kappa shape index (κ2) is 12.3. The third-order valence-corrected chi connectivity index (χ3v) is 7.67. The van der Waals surface area contributed by atoms with Crippen LogP contribution in [0.5, 0.6) is 5.75 Å². The van der Waals surface area contributed by atoms with Gasteiger partial charge in [-0.1, -0.05) is 30.3 Å². The minimum Gasteiger partial charge on any atom is -0.497 e. The maximum absolute atomic E-state index is 13.9. The summed E-state index contributed by atoms with van der Waals surface area (Å²) in [6.45, 7) is 6.49. The first-order chi connectivity index (χ1) is 18.3. The zero-order valence-corrected chi connectivity index (χ0v) is 23.5. The van der Waals surface area contributed by atoms with Crippen LogP contribution in [0, 0.1) is 5.82 Å². The molecule has 3 aromatic carbocycles. The van der Waals surface area contributed by atoms with Gasteiger partial charge in [-0.2, -0.15) is 0 Å². The van der Waals surface area contributed by atoms with Crippen LogP contribution >= 0.6 is 0 Å². The van der Waals surface area contributed by atoms with Gasteiger partial charge < -0.3 is 15.0 Å². The zero-order valence-electron chi connectivity index (χ0n) is 22.7. The lowest BCUT2D eigenvalue weighted by Gasteiger charge is -2.33. The molecule has 0 saturated carbocycles. The molecule has 3 rings (SSSR count). The first-order valence-corrected chi connectivity index (χ1v) is 13.8. The Morgan fingerprint density at radius 2 is 1.62 bits per heavy atom. The summed E-state index contributed by atoms with van der Waals surface area (Å²) in [6.07, 6.45) is 0. The first kappa shape index (κ1) is 29.6. The van der Waals surface area contributed by atoms with Crippen molar-refractivity contribution in [2.75, 3.05) is 18.0 Å². The predicted molar refractivity (Wildman–Crippen MR) is 148 cm³/mol. The molecule has 0 spiro atoms. The molecule has 10 heteroatoms. The Hall–Kier alpha value is -3.92. The van der Waals surface area contributed by atoms with E-state index in [4.69, 9.17) is 4.74 Å². The quantitative estimate of drug-likeness (QED) is 0.401. The predicted octanol–water partition coefficient (Wildman–Crippen LogP) is 4.36. The fourth-order valence-electron chi connectivity index (χ4n) is 3.88. The molecule has 8 nitrogen and oxygen atoms in total. The van der Waals surface area contributed by atoms with Gasteiger partial charge in [0.2, 0.25) is 11.8 Å². The van der Waals surface area contributed by atoms with E-state index in [1.165, 1.54) is 36.3 Å². The fourth-order valence-corrected chi connectivity index (χ4v) is 5.32. The van der Waals surface area contributed by atoms with Gasteiger partial charge in [-0.3, -0.25) is 13.9 Å². The highest BCUT2D eigenvalue weighted by Crippen LogP contribution is 2.25. The molecule has 39 heavy (non-hydrogen) atoms. The van der Waals surface area contributed by atoms with Gasteiger partial charge in [0.05, 0.1) is 17.7 Å². The molecule has 0 fully saturated rings. The molecule has 0 aromatic heterocycles. The van der Waals surface area contributed by atoms with Crippen LogP contribution in [0.1, 0.15) is 33.3 Å². The Morgan fingerprint density at radius 3 is 2.21 bits per heavy atom. The first-order valence-electron chi connectivity index (χ1n) is 12.4. The molecule has 0 unspecified atom stereocenters. The van der Waals surface area contributed by atoms with Crippen molar-refractivity contribution in [2.24, 2.45) is 0 Å². The number of carbonyl (C=O) groups is 2. The summed E-state index contributed by atoms with van der Waals surface area (Å²) in [5.41, 5.74) is 0.256. The average Bonchev–Trinajstić information content (AvgIpc) is 2.90. The van der Waals surface area contributed by atoms with Crippen LogP contribution in [0.15, 0.2) is 83.8 Å². The molecule has 1 N–H and O–H groups in total. The number of methoxy groups -OCH3 is 1. The summed E-state index contributed by atoms with van der Waals surface area (Å²) in [4.78, 5) is 28.3. The molecule has 3 aromatic rings. The number of ether oxygens (including phenoxy) is 1. The van der Waals surface area contributed by atoms with Gasteiger partial charge in [0.15, 0.2) is 0 Å². The molecule has 2 amide bonds. The number of halogens is 1. The van der Waals surface area contributed by atoms with Crippen molar-refractivity contribution < 1.29 is 27.1 Å². The lowest BCUT2D eigenvalue weighted by molar-refractivity contribution is -0.140. The Bertz CT molecular complexity index is 1390. The van der Waals surface area contributed by atoms with Crippen LogP contribution < -0.4 is 14.4 Å². The van der Waals surface area contributed by atoms with Gasteiger partial charge in [0.1, 0.15) is 24.2 Å². The van der Waals surface area contributed by atoms with Crippen molar-refractivity contribution in [3.05, 3.63) is 90.2 Å². The van der Waals surface area contributed by atoms with E-state index in [1.54, 1.807) is 49.4 Å². The van der Waals surface area contributed by atoms with Crippen molar-refractivity contribution in [1.29, 1.82) is 0 Å². The highest BCUT2D eigenvalue weighted by atomic mass is 32.2. The van der Waals surface area contributed by atoms with Gasteiger partial charge in [-0.15, -0.1) is 0 Å². The fraction of sp³-hybridized carbons (Fsp3) is 0.310. The molecule has 0 bridgehead atoms. The second-order valence-electron chi connectivity index (χ2n) is 10.1. The summed E-state index contributed by atoms with van der Waals surface area (Å²) >= 11 is 0. The monoisotopic (exact) mass is 555 g/mol. The normalized spacial score (nSPS) is 12.4. The van der Waals surface area contributed by atoms with E-state index >= 15 is 0 Å². The lowest BCUT2D eigenvalue weighted by Crippen LogP contribution is -2.54. The van der Waals surface area contributed by atoms with Crippen LogP contribution in [0.3, 0.4) is 0 Å². The largest absolute Gasteiger partial charge is 0.497 e. The van der Waals surface area contributed by atoms with Crippen LogP contribution in [-0.2, 0) is 26.2 Å². The highest BCUT2D eigenvalue weighted by molar-refractivity contribution is 7.92. The SMILES string of the molecule is COc1cccc(CN(C(=O)CN(c2ccc(F)cc2)S(=O)(=O)c2ccccc2)[C@@H](C)C(=O)NC(C)(C)C)c1. The van der Waals surface area contributed by atoms with Gasteiger partial charge in [0, 0.05) is 12.1 Å². The maximum Gasteiger partial charge on any atom is 0.264 e. The lowest BCUT2D eigenvalue weighted by atomic mass is 10.1. The molecule has 1 atom stereocenters. The topological polar surface area (TPSA) is 96.0 Å². The minimum absolute atomic E-state index is 0.0252. The molecule has 0 aliphatic carbocycles. The van der Waals surface area contributed by atoms with E-state index in [2.05, 4.69) is 5.32 Å². The Morgan fingerprint density at radius 1 is 0.974 bits per heavy atom. The summed E-state index contributed by atoms with van der Waals surface area (Å²) in [6, 6.07) is 18.6. The standard InChI is InChI=1S/C29H34FN3O5S/c1-21(28(35)31-29(2,3)4)32(19-22-10-9-11-25(18-22)38-5)27(34)20-33(24-16-14-23(30)15-17-24)39(36,37)26-12-7-6-8-13-26/h6-18,21H,19-20H2,1-5H3,(H,31,35)/t21-/m0/s1.